The van der Waals surface area contributed by atoms with Crippen LogP contribution in [0.5, 0.6) is 0 Å². The molecule has 1 unspecified atom stereocenters. The van der Waals surface area contributed by atoms with E-state index in [9.17, 15) is 0 Å². The molecule has 1 aromatic rings. The summed E-state index contributed by atoms with van der Waals surface area (Å²) in [6.07, 6.45) is 8.01. The predicted molar refractivity (Wildman–Crippen MR) is 73.0 cm³/mol. The standard InChI is InChI=1S/C15H23N3O2/c1-19-8-12(16)13-17-14(18-20-13)15-5-9-2-10(6-15)4-11(3-9)7-15/h9-12H,2-8,16H2,1H3. The number of ether oxygens (including phenoxy) is 1. The molecule has 1 aromatic heterocycles. The highest BCUT2D eigenvalue weighted by molar-refractivity contribution is 5.16. The molecule has 0 aliphatic heterocycles. The van der Waals surface area contributed by atoms with Crippen molar-refractivity contribution < 1.29 is 9.26 Å². The smallest absolute Gasteiger partial charge is 0.245 e. The van der Waals surface area contributed by atoms with Gasteiger partial charge in [-0.3, -0.25) is 0 Å². The van der Waals surface area contributed by atoms with E-state index in [4.69, 9.17) is 15.0 Å². The van der Waals surface area contributed by atoms with Gasteiger partial charge in [0.2, 0.25) is 5.89 Å². The average molecular weight is 277 g/mol. The largest absolute Gasteiger partial charge is 0.383 e. The van der Waals surface area contributed by atoms with Crippen LogP contribution < -0.4 is 5.73 Å². The molecule has 5 heteroatoms. The number of hydrogen-bond donors (Lipinski definition) is 1. The maximum Gasteiger partial charge on any atom is 0.245 e. The lowest BCUT2D eigenvalue weighted by Gasteiger charge is -2.55. The maximum atomic E-state index is 5.99. The van der Waals surface area contributed by atoms with Crippen molar-refractivity contribution in [1.29, 1.82) is 0 Å². The predicted octanol–water partition coefficient (Wildman–Crippen LogP) is 2.18. The van der Waals surface area contributed by atoms with Crippen LogP contribution in [0.2, 0.25) is 0 Å². The van der Waals surface area contributed by atoms with E-state index in [0.29, 0.717) is 12.5 Å². The van der Waals surface area contributed by atoms with Gasteiger partial charge in [0.15, 0.2) is 5.82 Å². The summed E-state index contributed by atoms with van der Waals surface area (Å²) in [4.78, 5) is 4.64. The van der Waals surface area contributed by atoms with Crippen LogP contribution in [0.25, 0.3) is 0 Å². The summed E-state index contributed by atoms with van der Waals surface area (Å²) in [5.41, 5.74) is 6.17. The van der Waals surface area contributed by atoms with Gasteiger partial charge in [-0.1, -0.05) is 5.16 Å². The van der Waals surface area contributed by atoms with Crippen LogP contribution in [0, 0.1) is 17.8 Å². The first kappa shape index (κ1) is 12.8. The van der Waals surface area contributed by atoms with Crippen LogP contribution in [0.4, 0.5) is 0 Å². The van der Waals surface area contributed by atoms with Gasteiger partial charge in [-0.05, 0) is 56.3 Å². The van der Waals surface area contributed by atoms with Crippen LogP contribution in [0.15, 0.2) is 4.52 Å². The fourth-order valence-corrected chi connectivity index (χ4v) is 5.24. The zero-order chi connectivity index (χ0) is 13.7. The van der Waals surface area contributed by atoms with Gasteiger partial charge in [0.05, 0.1) is 6.61 Å². The first-order chi connectivity index (χ1) is 9.68. The molecule has 5 nitrogen and oxygen atoms in total. The highest BCUT2D eigenvalue weighted by atomic mass is 16.5. The third kappa shape index (κ3) is 1.91. The molecular weight excluding hydrogens is 254 g/mol. The van der Waals surface area contributed by atoms with Gasteiger partial charge >= 0.3 is 0 Å². The fourth-order valence-electron chi connectivity index (χ4n) is 5.24. The Labute approximate surface area is 119 Å². The molecular formula is C15H23N3O2. The molecule has 0 radical (unpaired) electrons. The summed E-state index contributed by atoms with van der Waals surface area (Å²) < 4.78 is 10.5. The van der Waals surface area contributed by atoms with Gasteiger partial charge in [-0.15, -0.1) is 0 Å². The molecule has 4 aliphatic carbocycles. The molecule has 4 aliphatic rings. The molecule has 0 aromatic carbocycles. The summed E-state index contributed by atoms with van der Waals surface area (Å²) in [7, 11) is 1.64. The van der Waals surface area contributed by atoms with Crippen molar-refractivity contribution in [1.82, 2.24) is 10.1 Å². The van der Waals surface area contributed by atoms with Crippen molar-refractivity contribution in [2.45, 2.75) is 50.0 Å². The zero-order valence-corrected chi connectivity index (χ0v) is 12.0. The minimum absolute atomic E-state index is 0.184. The minimum Gasteiger partial charge on any atom is -0.383 e. The molecule has 1 atom stereocenters. The summed E-state index contributed by atoms with van der Waals surface area (Å²) in [6, 6.07) is -0.310. The SMILES string of the molecule is COCC(N)c1nc(C23CC4CC(CC(C4)C2)C3)no1. The minimum atomic E-state index is -0.310. The molecule has 0 saturated heterocycles. The normalized spacial score (nSPS) is 40.2. The Morgan fingerprint density at radius 3 is 2.40 bits per heavy atom. The topological polar surface area (TPSA) is 74.2 Å². The highest BCUT2D eigenvalue weighted by Crippen LogP contribution is 2.60. The quantitative estimate of drug-likeness (QED) is 0.913. The monoisotopic (exact) mass is 277 g/mol. The third-order valence-electron chi connectivity index (χ3n) is 5.62. The second kappa shape index (κ2) is 4.53. The van der Waals surface area contributed by atoms with Gasteiger partial charge in [0, 0.05) is 12.5 Å². The second-order valence-electron chi connectivity index (χ2n) is 7.22. The first-order valence-corrected chi connectivity index (χ1v) is 7.77. The van der Waals surface area contributed by atoms with Gasteiger partial charge < -0.3 is 15.0 Å². The van der Waals surface area contributed by atoms with E-state index >= 15 is 0 Å². The first-order valence-electron chi connectivity index (χ1n) is 7.77. The molecule has 4 bridgehead atoms. The molecule has 1 heterocycles. The van der Waals surface area contributed by atoms with Crippen LogP contribution >= 0.6 is 0 Å². The fraction of sp³-hybridized carbons (Fsp3) is 0.867. The molecule has 5 rings (SSSR count). The molecule has 20 heavy (non-hydrogen) atoms. The summed E-state index contributed by atoms with van der Waals surface area (Å²) in [5.74, 6) is 4.10. The lowest BCUT2D eigenvalue weighted by atomic mass is 9.49. The van der Waals surface area contributed by atoms with E-state index < -0.39 is 0 Å². The van der Waals surface area contributed by atoms with Crippen LogP contribution in [0.1, 0.15) is 56.3 Å². The number of nitrogens with zero attached hydrogens (tertiary/aromatic N) is 2. The van der Waals surface area contributed by atoms with E-state index in [2.05, 4.69) is 10.1 Å². The van der Waals surface area contributed by atoms with E-state index in [-0.39, 0.29) is 11.5 Å². The summed E-state index contributed by atoms with van der Waals surface area (Å²) in [5, 5.41) is 4.29. The van der Waals surface area contributed by atoms with Crippen molar-refractivity contribution in [3.05, 3.63) is 11.7 Å². The van der Waals surface area contributed by atoms with Crippen molar-refractivity contribution in [3.63, 3.8) is 0 Å². The molecule has 110 valence electrons. The Morgan fingerprint density at radius 1 is 1.25 bits per heavy atom. The summed E-state index contributed by atoms with van der Waals surface area (Å²) >= 11 is 0. The molecule has 4 fully saturated rings. The van der Waals surface area contributed by atoms with Gasteiger partial charge in [0.1, 0.15) is 6.04 Å². The molecule has 0 spiro atoms. The second-order valence-corrected chi connectivity index (χ2v) is 7.22. The number of hydrogen-bond acceptors (Lipinski definition) is 5. The van der Waals surface area contributed by atoms with E-state index in [1.54, 1.807) is 7.11 Å². The Kier molecular flexibility index (Phi) is 2.89. The Hall–Kier alpha value is -0.940. The van der Waals surface area contributed by atoms with Crippen LogP contribution in [0.3, 0.4) is 0 Å². The van der Waals surface area contributed by atoms with E-state index in [0.717, 1.165) is 23.6 Å². The molecule has 4 saturated carbocycles. The van der Waals surface area contributed by atoms with E-state index in [1.165, 1.54) is 38.5 Å². The maximum absolute atomic E-state index is 5.99. The van der Waals surface area contributed by atoms with Gasteiger partial charge in [0.25, 0.3) is 0 Å². The van der Waals surface area contributed by atoms with Crippen LogP contribution in [-0.2, 0) is 10.2 Å². The van der Waals surface area contributed by atoms with Crippen molar-refractivity contribution in [2.24, 2.45) is 23.5 Å². The molecule has 0 amide bonds. The zero-order valence-electron chi connectivity index (χ0n) is 12.0. The average Bonchev–Trinajstić information content (AvgIpc) is 2.87. The van der Waals surface area contributed by atoms with Crippen LogP contribution in [-0.4, -0.2) is 23.9 Å². The summed E-state index contributed by atoms with van der Waals surface area (Å²) in [6.45, 7) is 0.419. The number of rotatable bonds is 4. The lowest BCUT2D eigenvalue weighted by Crippen LogP contribution is -2.49. The third-order valence-corrected chi connectivity index (χ3v) is 5.62. The molecule has 2 N–H and O–H groups in total. The lowest BCUT2D eigenvalue weighted by molar-refractivity contribution is -0.0103. The Balaban J connectivity index is 1.61. The number of nitrogens with two attached hydrogens (primary N) is 1. The Morgan fingerprint density at radius 2 is 1.85 bits per heavy atom. The highest BCUT2D eigenvalue weighted by Gasteiger charge is 2.53. The Bertz CT molecular complexity index is 464. The number of methoxy groups -OCH3 is 1. The van der Waals surface area contributed by atoms with Gasteiger partial charge in [-0.2, -0.15) is 4.98 Å². The van der Waals surface area contributed by atoms with Crippen molar-refractivity contribution in [2.75, 3.05) is 13.7 Å². The number of aromatic nitrogens is 2. The van der Waals surface area contributed by atoms with E-state index in [1.807, 2.05) is 0 Å². The van der Waals surface area contributed by atoms with Gasteiger partial charge in [-0.25, -0.2) is 0 Å². The van der Waals surface area contributed by atoms with Crippen molar-refractivity contribution in [3.8, 4) is 0 Å². The van der Waals surface area contributed by atoms with Crippen molar-refractivity contribution >= 4 is 0 Å².